The highest BCUT2D eigenvalue weighted by Gasteiger charge is 2.56. The van der Waals surface area contributed by atoms with E-state index in [1.807, 2.05) is 0 Å². The number of hydrogen-bond acceptors (Lipinski definition) is 2. The topological polar surface area (TPSA) is 24.1 Å². The molecule has 0 radical (unpaired) electrons. The summed E-state index contributed by atoms with van der Waals surface area (Å²) in [5.74, 6) is 0.896. The average Bonchev–Trinajstić information content (AvgIpc) is 3.20. The number of fused-ring (bicyclic) bond motifs is 2. The maximum absolute atomic E-state index is 3.90. The summed E-state index contributed by atoms with van der Waals surface area (Å²) in [5.41, 5.74) is 3.78. The lowest BCUT2D eigenvalue weighted by Crippen LogP contribution is -2.36. The minimum atomic E-state index is 0.502. The fraction of sp³-hybridized carbons (Fsp3) is 0.667. The van der Waals surface area contributed by atoms with Crippen LogP contribution in [0, 0.1) is 5.92 Å². The Hall–Kier alpha value is -0.860. The van der Waals surface area contributed by atoms with Crippen LogP contribution in [-0.2, 0) is 11.8 Å². The SMILES string of the molecule is c1ccc2c(c1)CCC[C@]21C[C@H]1NCC1CCNCC1. The molecular formula is C18H26N2. The first-order chi connectivity index (χ1) is 9.88. The summed E-state index contributed by atoms with van der Waals surface area (Å²) in [6, 6.07) is 9.92. The lowest BCUT2D eigenvalue weighted by Gasteiger charge is -2.28. The Kier molecular flexibility index (Phi) is 3.31. The van der Waals surface area contributed by atoms with Crippen LogP contribution in [0.15, 0.2) is 24.3 Å². The zero-order chi connectivity index (χ0) is 13.4. The normalized spacial score (nSPS) is 33.1. The van der Waals surface area contributed by atoms with Crippen molar-refractivity contribution in [2.24, 2.45) is 5.92 Å². The van der Waals surface area contributed by atoms with Crippen molar-refractivity contribution < 1.29 is 0 Å². The number of hydrogen-bond donors (Lipinski definition) is 2. The summed E-state index contributed by atoms with van der Waals surface area (Å²) in [6.45, 7) is 3.66. The number of piperidine rings is 1. The summed E-state index contributed by atoms with van der Waals surface area (Å²) in [7, 11) is 0. The first-order valence-electron chi connectivity index (χ1n) is 8.41. The van der Waals surface area contributed by atoms with Gasteiger partial charge in [-0.3, -0.25) is 0 Å². The summed E-state index contributed by atoms with van der Waals surface area (Å²) in [4.78, 5) is 0. The molecule has 1 saturated carbocycles. The molecule has 1 heterocycles. The molecule has 2 atom stereocenters. The van der Waals surface area contributed by atoms with Gasteiger partial charge in [0.25, 0.3) is 0 Å². The van der Waals surface area contributed by atoms with Crippen molar-refractivity contribution >= 4 is 0 Å². The van der Waals surface area contributed by atoms with Crippen LogP contribution in [0.3, 0.4) is 0 Å². The Morgan fingerprint density at radius 3 is 2.95 bits per heavy atom. The zero-order valence-corrected chi connectivity index (χ0v) is 12.3. The van der Waals surface area contributed by atoms with Gasteiger partial charge in [-0.25, -0.2) is 0 Å². The van der Waals surface area contributed by atoms with Crippen LogP contribution in [0.25, 0.3) is 0 Å². The van der Waals surface area contributed by atoms with Crippen LogP contribution in [0.4, 0.5) is 0 Å². The monoisotopic (exact) mass is 270 g/mol. The standard InChI is InChI=1S/C18H26N2/c1-2-6-16-15(4-1)5-3-9-18(16)12-17(18)20-13-14-7-10-19-11-8-14/h1-2,4,6,14,17,19-20H,3,5,7-13H2/t17-,18+/m1/s1. The highest BCUT2D eigenvalue weighted by Crippen LogP contribution is 2.55. The summed E-state index contributed by atoms with van der Waals surface area (Å²) in [6.07, 6.45) is 8.14. The van der Waals surface area contributed by atoms with E-state index in [0.717, 1.165) is 12.0 Å². The van der Waals surface area contributed by atoms with Gasteiger partial charge < -0.3 is 10.6 Å². The summed E-state index contributed by atoms with van der Waals surface area (Å²) < 4.78 is 0. The average molecular weight is 270 g/mol. The van der Waals surface area contributed by atoms with Crippen LogP contribution < -0.4 is 10.6 Å². The van der Waals surface area contributed by atoms with Crippen molar-refractivity contribution in [1.29, 1.82) is 0 Å². The van der Waals surface area contributed by atoms with Crippen LogP contribution in [-0.4, -0.2) is 25.7 Å². The molecule has 0 amide bonds. The molecule has 0 aromatic heterocycles. The number of aryl methyl sites for hydroxylation is 1. The molecule has 1 aromatic rings. The van der Waals surface area contributed by atoms with E-state index in [4.69, 9.17) is 0 Å². The molecule has 2 nitrogen and oxygen atoms in total. The molecule has 1 spiro atoms. The van der Waals surface area contributed by atoms with Gasteiger partial charge in [-0.05, 0) is 75.2 Å². The van der Waals surface area contributed by atoms with Crippen LogP contribution in [0.5, 0.6) is 0 Å². The van der Waals surface area contributed by atoms with Crippen LogP contribution in [0.1, 0.15) is 43.2 Å². The minimum absolute atomic E-state index is 0.502. The van der Waals surface area contributed by atoms with E-state index in [1.165, 1.54) is 58.2 Å². The number of benzene rings is 1. The van der Waals surface area contributed by atoms with E-state index < -0.39 is 0 Å². The summed E-state index contributed by atoms with van der Waals surface area (Å²) in [5, 5.41) is 7.36. The molecule has 2 N–H and O–H groups in total. The van der Waals surface area contributed by atoms with E-state index >= 15 is 0 Å². The lowest BCUT2D eigenvalue weighted by atomic mass is 9.79. The van der Waals surface area contributed by atoms with E-state index in [9.17, 15) is 0 Å². The third kappa shape index (κ3) is 2.19. The van der Waals surface area contributed by atoms with E-state index in [0.29, 0.717) is 5.41 Å². The Labute approximate surface area is 122 Å². The Balaban J connectivity index is 1.41. The summed E-state index contributed by atoms with van der Waals surface area (Å²) >= 11 is 0. The number of nitrogens with one attached hydrogen (secondary N) is 2. The highest BCUT2D eigenvalue weighted by atomic mass is 15.0. The first kappa shape index (κ1) is 12.8. The number of rotatable bonds is 3. The molecular weight excluding hydrogens is 244 g/mol. The molecule has 1 aromatic carbocycles. The second-order valence-electron chi connectivity index (χ2n) is 7.03. The third-order valence-electron chi connectivity index (χ3n) is 5.81. The fourth-order valence-electron chi connectivity index (χ4n) is 4.49. The van der Waals surface area contributed by atoms with Gasteiger partial charge in [-0.15, -0.1) is 0 Å². The van der Waals surface area contributed by atoms with Crippen molar-refractivity contribution in [2.45, 2.75) is 50.0 Å². The van der Waals surface area contributed by atoms with Gasteiger partial charge in [0.2, 0.25) is 0 Å². The maximum Gasteiger partial charge on any atom is 0.0174 e. The third-order valence-corrected chi connectivity index (χ3v) is 5.81. The highest BCUT2D eigenvalue weighted by molar-refractivity contribution is 5.44. The zero-order valence-electron chi connectivity index (χ0n) is 12.3. The van der Waals surface area contributed by atoms with Crippen molar-refractivity contribution in [3.05, 3.63) is 35.4 Å². The predicted molar refractivity (Wildman–Crippen MR) is 83.1 cm³/mol. The molecule has 1 aliphatic heterocycles. The van der Waals surface area contributed by atoms with Gasteiger partial charge in [0.05, 0.1) is 0 Å². The fourth-order valence-corrected chi connectivity index (χ4v) is 4.49. The van der Waals surface area contributed by atoms with Gasteiger partial charge >= 0.3 is 0 Å². The molecule has 2 fully saturated rings. The van der Waals surface area contributed by atoms with Gasteiger partial charge in [-0.2, -0.15) is 0 Å². The predicted octanol–water partition coefficient (Wildman–Crippen LogP) is 2.62. The molecule has 4 rings (SSSR count). The van der Waals surface area contributed by atoms with Gasteiger partial charge in [-0.1, -0.05) is 24.3 Å². The molecule has 3 aliphatic rings. The van der Waals surface area contributed by atoms with E-state index in [-0.39, 0.29) is 0 Å². The molecule has 0 unspecified atom stereocenters. The van der Waals surface area contributed by atoms with Crippen molar-refractivity contribution in [3.63, 3.8) is 0 Å². The Morgan fingerprint density at radius 2 is 2.05 bits per heavy atom. The lowest BCUT2D eigenvalue weighted by molar-refractivity contribution is 0.349. The second-order valence-corrected chi connectivity index (χ2v) is 7.03. The Morgan fingerprint density at radius 1 is 1.20 bits per heavy atom. The first-order valence-corrected chi connectivity index (χ1v) is 8.41. The van der Waals surface area contributed by atoms with Crippen molar-refractivity contribution in [3.8, 4) is 0 Å². The van der Waals surface area contributed by atoms with Gasteiger partial charge in [0, 0.05) is 11.5 Å². The molecule has 2 heteroatoms. The molecule has 0 bridgehead atoms. The van der Waals surface area contributed by atoms with E-state index in [2.05, 4.69) is 34.9 Å². The molecule has 2 aliphatic carbocycles. The largest absolute Gasteiger partial charge is 0.317 e. The smallest absolute Gasteiger partial charge is 0.0174 e. The Bertz CT molecular complexity index is 478. The van der Waals surface area contributed by atoms with Gasteiger partial charge in [0.1, 0.15) is 0 Å². The van der Waals surface area contributed by atoms with Crippen LogP contribution in [0.2, 0.25) is 0 Å². The van der Waals surface area contributed by atoms with Crippen molar-refractivity contribution in [1.82, 2.24) is 10.6 Å². The van der Waals surface area contributed by atoms with Crippen molar-refractivity contribution in [2.75, 3.05) is 19.6 Å². The molecule has 108 valence electrons. The van der Waals surface area contributed by atoms with E-state index in [1.54, 1.807) is 11.1 Å². The van der Waals surface area contributed by atoms with Gasteiger partial charge in [0.15, 0.2) is 0 Å². The minimum Gasteiger partial charge on any atom is -0.317 e. The second kappa shape index (κ2) is 5.16. The molecule has 20 heavy (non-hydrogen) atoms. The maximum atomic E-state index is 3.90. The quantitative estimate of drug-likeness (QED) is 0.882. The molecule has 1 saturated heterocycles. The van der Waals surface area contributed by atoms with Crippen LogP contribution >= 0.6 is 0 Å².